The lowest BCUT2D eigenvalue weighted by Gasteiger charge is -2.32. The summed E-state index contributed by atoms with van der Waals surface area (Å²) in [6.45, 7) is 3.22. The molecule has 35 heavy (non-hydrogen) atoms. The van der Waals surface area contributed by atoms with Crippen molar-refractivity contribution in [3.63, 3.8) is 0 Å². The number of oxazole rings is 1. The van der Waals surface area contributed by atoms with Crippen LogP contribution in [0, 0.1) is 12.3 Å². The average Bonchev–Trinajstić information content (AvgIpc) is 3.53. The number of carbonyl (C=O) groups excluding carboxylic acids is 1. The highest BCUT2D eigenvalue weighted by molar-refractivity contribution is 5.78. The molecule has 2 aromatic heterocycles. The van der Waals surface area contributed by atoms with Crippen molar-refractivity contribution < 1.29 is 18.0 Å². The van der Waals surface area contributed by atoms with Crippen LogP contribution in [0.3, 0.4) is 0 Å². The van der Waals surface area contributed by atoms with Crippen molar-refractivity contribution >= 4 is 17.0 Å². The summed E-state index contributed by atoms with van der Waals surface area (Å²) in [7, 11) is 3.86. The van der Waals surface area contributed by atoms with E-state index in [2.05, 4.69) is 15.3 Å². The lowest BCUT2D eigenvalue weighted by Crippen LogP contribution is -2.43. The molecule has 0 saturated heterocycles. The van der Waals surface area contributed by atoms with Crippen LogP contribution in [0.15, 0.2) is 45.9 Å². The van der Waals surface area contributed by atoms with E-state index in [9.17, 15) is 18.4 Å². The summed E-state index contributed by atoms with van der Waals surface area (Å²) in [5, 5.41) is 2.98. The second kappa shape index (κ2) is 9.53. The molecule has 2 N–H and O–H groups in total. The third-order valence-electron chi connectivity index (χ3n) is 7.50. The van der Waals surface area contributed by atoms with Crippen molar-refractivity contribution in [1.82, 2.24) is 20.2 Å². The van der Waals surface area contributed by atoms with E-state index in [0.717, 1.165) is 23.6 Å². The molecule has 0 spiro atoms. The molecule has 1 saturated carbocycles. The van der Waals surface area contributed by atoms with Gasteiger partial charge in [-0.05, 0) is 82.1 Å². The van der Waals surface area contributed by atoms with E-state index in [0.29, 0.717) is 36.9 Å². The molecular formula is C26H32F2N4O3. The van der Waals surface area contributed by atoms with Gasteiger partial charge in [0.05, 0.1) is 5.52 Å². The van der Waals surface area contributed by atoms with Gasteiger partial charge in [-0.15, -0.1) is 0 Å². The number of pyridine rings is 1. The van der Waals surface area contributed by atoms with Crippen LogP contribution in [0.25, 0.3) is 11.1 Å². The summed E-state index contributed by atoms with van der Waals surface area (Å²) in [5.41, 5.74) is 2.58. The summed E-state index contributed by atoms with van der Waals surface area (Å²) in [6.07, 6.45) is 4.57. The Morgan fingerprint density at radius 1 is 1.26 bits per heavy atom. The predicted octanol–water partition coefficient (Wildman–Crippen LogP) is 4.02. The van der Waals surface area contributed by atoms with Crippen LogP contribution in [0.2, 0.25) is 0 Å². The van der Waals surface area contributed by atoms with Gasteiger partial charge in [0.15, 0.2) is 5.58 Å². The number of rotatable bonds is 10. The van der Waals surface area contributed by atoms with Crippen molar-refractivity contribution in [3.05, 3.63) is 63.9 Å². The summed E-state index contributed by atoms with van der Waals surface area (Å²) in [5.74, 6) is -4.20. The minimum atomic E-state index is -2.88. The summed E-state index contributed by atoms with van der Waals surface area (Å²) >= 11 is 0. The summed E-state index contributed by atoms with van der Waals surface area (Å²) in [6, 6.07) is 7.17. The van der Waals surface area contributed by atoms with E-state index in [-0.39, 0.29) is 18.4 Å². The number of nitrogens with zero attached hydrogens (tertiary/aromatic N) is 2. The SMILES string of the molecule is Cc1c(C[C@@H](CNC(=O)C[C@H](c2ccncc2)C2(C(C)(F)F)CC2)N(C)C)ccc2[nH]c(=O)oc12. The fourth-order valence-electron chi connectivity index (χ4n) is 5.05. The Morgan fingerprint density at radius 3 is 2.54 bits per heavy atom. The molecule has 1 aliphatic rings. The smallest absolute Gasteiger partial charge is 0.408 e. The van der Waals surface area contributed by atoms with Crippen LogP contribution < -0.4 is 11.1 Å². The number of nitrogens with one attached hydrogen (secondary N) is 2. The molecule has 9 heteroatoms. The maximum absolute atomic E-state index is 14.6. The zero-order chi connectivity index (χ0) is 25.4. The van der Waals surface area contributed by atoms with Gasteiger partial charge >= 0.3 is 5.76 Å². The number of aromatic nitrogens is 2. The van der Waals surface area contributed by atoms with Crippen molar-refractivity contribution in [2.24, 2.45) is 5.41 Å². The minimum Gasteiger partial charge on any atom is -0.408 e. The van der Waals surface area contributed by atoms with Crippen LogP contribution >= 0.6 is 0 Å². The molecule has 0 aliphatic heterocycles. The second-order valence-electron chi connectivity index (χ2n) is 9.95. The fourth-order valence-corrected chi connectivity index (χ4v) is 5.05. The van der Waals surface area contributed by atoms with Crippen molar-refractivity contribution in [1.29, 1.82) is 0 Å². The first-order valence-corrected chi connectivity index (χ1v) is 11.8. The van der Waals surface area contributed by atoms with Crippen LogP contribution in [0.4, 0.5) is 8.78 Å². The third-order valence-corrected chi connectivity index (χ3v) is 7.50. The number of aromatic amines is 1. The number of alkyl halides is 2. The van der Waals surface area contributed by atoms with Crippen LogP contribution in [-0.4, -0.2) is 53.4 Å². The lowest BCUT2D eigenvalue weighted by molar-refractivity contribution is -0.123. The number of H-pyrrole nitrogens is 1. The Morgan fingerprint density at radius 2 is 1.94 bits per heavy atom. The Labute approximate surface area is 202 Å². The predicted molar refractivity (Wildman–Crippen MR) is 130 cm³/mol. The maximum atomic E-state index is 14.6. The summed E-state index contributed by atoms with van der Waals surface area (Å²) < 4.78 is 34.4. The number of benzene rings is 1. The van der Waals surface area contributed by atoms with Gasteiger partial charge < -0.3 is 14.6 Å². The Hall–Kier alpha value is -3.07. The normalized spacial score (nSPS) is 16.9. The Balaban J connectivity index is 1.46. The molecule has 188 valence electrons. The molecule has 2 atom stereocenters. The van der Waals surface area contributed by atoms with Crippen molar-refractivity contribution in [2.45, 2.75) is 57.4 Å². The minimum absolute atomic E-state index is 0.00686. The lowest BCUT2D eigenvalue weighted by atomic mass is 9.77. The van der Waals surface area contributed by atoms with Crippen LogP contribution in [-0.2, 0) is 11.2 Å². The number of fused-ring (bicyclic) bond motifs is 1. The van der Waals surface area contributed by atoms with E-state index in [1.54, 1.807) is 24.5 Å². The van der Waals surface area contributed by atoms with Gasteiger partial charge in [-0.3, -0.25) is 14.8 Å². The molecule has 1 aliphatic carbocycles. The third kappa shape index (κ3) is 5.15. The van der Waals surface area contributed by atoms with Gasteiger partial charge in [0, 0.05) is 42.7 Å². The van der Waals surface area contributed by atoms with Crippen LogP contribution in [0.1, 0.15) is 48.8 Å². The zero-order valence-electron chi connectivity index (χ0n) is 20.5. The van der Waals surface area contributed by atoms with Gasteiger partial charge in [0.1, 0.15) is 0 Å². The second-order valence-corrected chi connectivity index (χ2v) is 9.95. The largest absolute Gasteiger partial charge is 0.417 e. The molecule has 4 rings (SSSR count). The van der Waals surface area contributed by atoms with Crippen molar-refractivity contribution in [3.8, 4) is 0 Å². The van der Waals surface area contributed by atoms with Crippen molar-refractivity contribution in [2.75, 3.05) is 20.6 Å². The Bertz CT molecular complexity index is 1240. The first-order chi connectivity index (χ1) is 16.5. The first-order valence-electron chi connectivity index (χ1n) is 11.8. The van der Waals surface area contributed by atoms with E-state index < -0.39 is 23.0 Å². The Kier molecular flexibility index (Phi) is 6.81. The van der Waals surface area contributed by atoms with Gasteiger partial charge in [-0.2, -0.15) is 0 Å². The molecule has 0 bridgehead atoms. The van der Waals surface area contributed by atoms with Gasteiger partial charge in [-0.1, -0.05) is 6.07 Å². The van der Waals surface area contributed by atoms with E-state index in [1.807, 2.05) is 38.1 Å². The van der Waals surface area contributed by atoms with E-state index in [4.69, 9.17) is 4.42 Å². The molecule has 1 amide bonds. The average molecular weight is 487 g/mol. The number of hydrogen-bond donors (Lipinski definition) is 2. The molecule has 0 unspecified atom stereocenters. The number of halogens is 2. The summed E-state index contributed by atoms with van der Waals surface area (Å²) in [4.78, 5) is 33.2. The van der Waals surface area contributed by atoms with Gasteiger partial charge in [0.2, 0.25) is 5.91 Å². The van der Waals surface area contributed by atoms with Gasteiger partial charge in [-0.25, -0.2) is 13.6 Å². The molecule has 7 nitrogen and oxygen atoms in total. The quantitative estimate of drug-likeness (QED) is 0.452. The molecule has 1 fully saturated rings. The van der Waals surface area contributed by atoms with Gasteiger partial charge in [0.25, 0.3) is 5.92 Å². The monoisotopic (exact) mass is 486 g/mol. The molecule has 1 aromatic carbocycles. The first kappa shape index (κ1) is 25.0. The molecule has 0 radical (unpaired) electrons. The number of aryl methyl sites for hydroxylation is 1. The number of carbonyl (C=O) groups is 1. The van der Waals surface area contributed by atoms with E-state index in [1.165, 1.54) is 0 Å². The molecule has 3 aromatic rings. The molecular weight excluding hydrogens is 454 g/mol. The highest BCUT2D eigenvalue weighted by Gasteiger charge is 2.63. The number of likely N-dealkylation sites (N-methyl/N-ethyl adjacent to an activating group) is 1. The fraction of sp³-hybridized carbons (Fsp3) is 0.500. The zero-order valence-corrected chi connectivity index (χ0v) is 20.5. The molecule has 2 heterocycles. The number of amides is 1. The highest BCUT2D eigenvalue weighted by Crippen LogP contribution is 2.65. The maximum Gasteiger partial charge on any atom is 0.417 e. The standard InChI is InChI=1S/C26H32F2N4O3/c1-16-18(5-6-21-23(16)35-24(34)31-21)13-19(32(3)4)15-30-22(33)14-20(17-7-11-29-12-8-17)26(9-10-26)25(2,27)28/h5-8,11-12,19-20H,9-10,13-15H2,1-4H3,(H,30,33)(H,31,34)/t19-,20+/m0/s1. The topological polar surface area (TPSA) is 91.2 Å². The van der Waals surface area contributed by atoms with Crippen LogP contribution in [0.5, 0.6) is 0 Å². The highest BCUT2D eigenvalue weighted by atomic mass is 19.3. The number of hydrogen-bond acceptors (Lipinski definition) is 5. The van der Waals surface area contributed by atoms with E-state index >= 15 is 0 Å².